The van der Waals surface area contributed by atoms with Gasteiger partial charge in [-0.15, -0.1) is 0 Å². The average molecular weight is 469 g/mol. The van der Waals surface area contributed by atoms with Gasteiger partial charge in [-0.3, -0.25) is 0 Å². The van der Waals surface area contributed by atoms with E-state index in [1.54, 1.807) is 0 Å². The normalized spacial score (nSPS) is 36.9. The summed E-state index contributed by atoms with van der Waals surface area (Å²) in [6.07, 6.45) is 4.03. The molecule has 2 unspecified atom stereocenters. The highest BCUT2D eigenvalue weighted by Gasteiger charge is 2.55. The molecule has 168 valence electrons. The van der Waals surface area contributed by atoms with E-state index < -0.39 is 34.2 Å². The Hall–Kier alpha value is 0.628. The lowest BCUT2D eigenvalue weighted by molar-refractivity contribution is 0.0915. The van der Waals surface area contributed by atoms with Crippen molar-refractivity contribution >= 4 is 34.2 Å². The molecule has 0 spiro atoms. The number of aliphatic hydroxyl groups is 1. The van der Waals surface area contributed by atoms with Crippen LogP contribution in [0.3, 0.4) is 0 Å². The first kappa shape index (κ1) is 26.7. The maximum Gasteiger partial charge on any atom is 0.317 e. The number of hydrogen-bond acceptors (Lipinski definition) is 6. The molecule has 1 aliphatic heterocycles. The van der Waals surface area contributed by atoms with Gasteiger partial charge in [0.15, 0.2) is 0 Å². The first-order chi connectivity index (χ1) is 13.1. The molecule has 1 N–H and O–H groups in total. The highest BCUT2D eigenvalue weighted by atomic mass is 28.5. The van der Waals surface area contributed by atoms with E-state index in [2.05, 4.69) is 47.0 Å². The summed E-state index contributed by atoms with van der Waals surface area (Å²) in [5.74, 6) is 0. The van der Waals surface area contributed by atoms with E-state index in [0.29, 0.717) is 13.2 Å². The summed E-state index contributed by atoms with van der Waals surface area (Å²) < 4.78 is 33.1. The molecule has 0 amide bonds. The van der Waals surface area contributed by atoms with E-state index in [-0.39, 0.29) is 6.61 Å². The van der Waals surface area contributed by atoms with E-state index in [9.17, 15) is 0 Å². The molecule has 1 aliphatic rings. The van der Waals surface area contributed by atoms with E-state index in [4.69, 9.17) is 26.3 Å². The summed E-state index contributed by atoms with van der Waals surface area (Å²) in [5, 5.41) is 8.90. The SMILES string of the molecule is CCC[Si]1(C)O[Si](C)(CCC)O[Si](C)(CCCOCCO)O[Si](C)(CCC)O1. The van der Waals surface area contributed by atoms with Gasteiger partial charge in [0.05, 0.1) is 13.2 Å². The van der Waals surface area contributed by atoms with Crippen LogP contribution in [0.25, 0.3) is 0 Å². The van der Waals surface area contributed by atoms with Gasteiger partial charge < -0.3 is 26.3 Å². The Morgan fingerprint density at radius 2 is 0.964 bits per heavy atom. The quantitative estimate of drug-likeness (QED) is 0.322. The van der Waals surface area contributed by atoms with Gasteiger partial charge in [-0.05, 0) is 56.8 Å². The molecule has 1 saturated heterocycles. The molecule has 1 fully saturated rings. The fourth-order valence-corrected chi connectivity index (χ4v) is 27.9. The van der Waals surface area contributed by atoms with Crippen molar-refractivity contribution in [2.24, 2.45) is 0 Å². The third-order valence-corrected chi connectivity index (χ3v) is 24.3. The minimum atomic E-state index is -2.46. The van der Waals surface area contributed by atoms with E-state index in [1.165, 1.54) is 0 Å². The molecule has 28 heavy (non-hydrogen) atoms. The molecular weight excluding hydrogens is 425 g/mol. The largest absolute Gasteiger partial charge is 0.416 e. The van der Waals surface area contributed by atoms with Gasteiger partial charge >= 0.3 is 34.2 Å². The predicted octanol–water partition coefficient (Wildman–Crippen LogP) is 4.98. The van der Waals surface area contributed by atoms with Crippen LogP contribution in [-0.2, 0) is 21.2 Å². The molecule has 1 heterocycles. The fourth-order valence-electron chi connectivity index (χ4n) is 4.34. The highest BCUT2D eigenvalue weighted by Crippen LogP contribution is 2.38. The molecule has 0 aromatic rings. The fraction of sp³-hybridized carbons (Fsp3) is 1.00. The van der Waals surface area contributed by atoms with Crippen LogP contribution in [0, 0.1) is 0 Å². The smallest absolute Gasteiger partial charge is 0.317 e. The lowest BCUT2D eigenvalue weighted by atomic mass is 10.5. The maximum atomic E-state index is 8.90. The van der Waals surface area contributed by atoms with Crippen LogP contribution >= 0.6 is 0 Å². The summed E-state index contributed by atoms with van der Waals surface area (Å²) in [4.78, 5) is 0. The summed E-state index contributed by atoms with van der Waals surface area (Å²) in [7, 11) is -9.54. The summed E-state index contributed by atoms with van der Waals surface area (Å²) in [5.41, 5.74) is 0. The zero-order valence-corrected chi connectivity index (χ0v) is 23.3. The number of aliphatic hydroxyl groups excluding tert-OH is 1. The van der Waals surface area contributed by atoms with E-state index in [1.807, 2.05) is 0 Å². The molecule has 6 nitrogen and oxygen atoms in total. The summed E-state index contributed by atoms with van der Waals surface area (Å²) >= 11 is 0. The number of hydrogen-bond donors (Lipinski definition) is 1. The Labute approximate surface area is 177 Å². The van der Waals surface area contributed by atoms with Crippen molar-refractivity contribution in [3.05, 3.63) is 0 Å². The van der Waals surface area contributed by atoms with Crippen LogP contribution in [-0.4, -0.2) is 59.2 Å². The minimum Gasteiger partial charge on any atom is -0.416 e. The third-order valence-electron chi connectivity index (χ3n) is 4.99. The molecule has 10 heteroatoms. The van der Waals surface area contributed by atoms with Gasteiger partial charge in [0.25, 0.3) is 0 Å². The van der Waals surface area contributed by atoms with Crippen molar-refractivity contribution in [1.82, 2.24) is 0 Å². The molecule has 0 aliphatic carbocycles. The second-order valence-corrected chi connectivity index (χ2v) is 23.0. The zero-order chi connectivity index (χ0) is 21.3. The van der Waals surface area contributed by atoms with Crippen LogP contribution in [0.5, 0.6) is 0 Å². The Bertz CT molecular complexity index is 434. The predicted molar refractivity (Wildman–Crippen MR) is 123 cm³/mol. The van der Waals surface area contributed by atoms with Crippen molar-refractivity contribution in [3.63, 3.8) is 0 Å². The van der Waals surface area contributed by atoms with Crippen molar-refractivity contribution in [3.8, 4) is 0 Å². The molecule has 0 radical (unpaired) electrons. The zero-order valence-electron chi connectivity index (χ0n) is 19.3. The van der Waals surface area contributed by atoms with Crippen LogP contribution in [0.1, 0.15) is 46.5 Å². The first-order valence-corrected chi connectivity index (χ1v) is 21.2. The van der Waals surface area contributed by atoms with E-state index in [0.717, 1.165) is 49.9 Å². The second-order valence-electron chi connectivity index (χ2n) is 8.63. The van der Waals surface area contributed by atoms with Crippen LogP contribution in [0.4, 0.5) is 0 Å². The van der Waals surface area contributed by atoms with Crippen molar-refractivity contribution in [2.75, 3.05) is 19.8 Å². The molecular formula is C18H44O6Si4. The standard InChI is InChI=1S/C18H44O6Si4/c1-8-15-25(4)21-26(5,16-9-2)23-28(7,18-11-13-20-14-12-19)24-27(6,22-25)17-10-3/h19H,8-18H2,1-7H3. The lowest BCUT2D eigenvalue weighted by Crippen LogP contribution is -2.67. The Morgan fingerprint density at radius 1 is 0.607 bits per heavy atom. The molecule has 0 saturated carbocycles. The van der Waals surface area contributed by atoms with E-state index >= 15 is 0 Å². The van der Waals surface area contributed by atoms with Crippen molar-refractivity contribution < 1.29 is 26.3 Å². The van der Waals surface area contributed by atoms with Gasteiger partial charge in [-0.1, -0.05) is 40.0 Å². The monoisotopic (exact) mass is 468 g/mol. The Balaban J connectivity index is 3.09. The lowest BCUT2D eigenvalue weighted by Gasteiger charge is -2.50. The third kappa shape index (κ3) is 8.78. The van der Waals surface area contributed by atoms with Gasteiger partial charge in [0.1, 0.15) is 0 Å². The first-order valence-electron chi connectivity index (χ1n) is 11.1. The molecule has 0 bridgehead atoms. The Morgan fingerprint density at radius 3 is 1.29 bits per heavy atom. The van der Waals surface area contributed by atoms with Crippen LogP contribution in [0.2, 0.25) is 50.4 Å². The topological polar surface area (TPSA) is 66.4 Å². The summed E-state index contributed by atoms with van der Waals surface area (Å²) in [6.45, 7) is 16.5. The maximum absolute atomic E-state index is 8.90. The summed E-state index contributed by atoms with van der Waals surface area (Å²) in [6, 6.07) is 3.81. The van der Waals surface area contributed by atoms with Gasteiger partial charge in [0, 0.05) is 6.61 Å². The number of rotatable bonds is 12. The molecule has 0 aromatic carbocycles. The molecule has 0 aromatic heterocycles. The van der Waals surface area contributed by atoms with Crippen molar-refractivity contribution in [2.45, 2.75) is 96.8 Å². The highest BCUT2D eigenvalue weighted by molar-refractivity contribution is 6.93. The molecule has 1 rings (SSSR count). The second kappa shape index (κ2) is 11.9. The van der Waals surface area contributed by atoms with Gasteiger partial charge in [-0.2, -0.15) is 0 Å². The Kier molecular flexibility index (Phi) is 11.3. The number of ether oxygens (including phenoxy) is 1. The van der Waals surface area contributed by atoms with Crippen LogP contribution in [0.15, 0.2) is 0 Å². The van der Waals surface area contributed by atoms with Crippen molar-refractivity contribution in [1.29, 1.82) is 0 Å². The average Bonchev–Trinajstić information content (AvgIpc) is 2.52. The molecule has 2 atom stereocenters. The minimum absolute atomic E-state index is 0.0625. The van der Waals surface area contributed by atoms with Gasteiger partial charge in [0.2, 0.25) is 0 Å². The van der Waals surface area contributed by atoms with Crippen LogP contribution < -0.4 is 0 Å². The van der Waals surface area contributed by atoms with Gasteiger partial charge in [-0.25, -0.2) is 0 Å².